The van der Waals surface area contributed by atoms with Gasteiger partial charge in [-0.15, -0.1) is 0 Å². The molecule has 0 fully saturated rings. The monoisotopic (exact) mass is 320 g/mol. The summed E-state index contributed by atoms with van der Waals surface area (Å²) in [7, 11) is 0. The summed E-state index contributed by atoms with van der Waals surface area (Å²) in [5, 5.41) is 2.83. The van der Waals surface area contributed by atoms with E-state index >= 15 is 0 Å². The van der Waals surface area contributed by atoms with Crippen molar-refractivity contribution in [2.24, 2.45) is 0 Å². The standard InChI is InChI=1S/C17H21FN2O3/c1-2-22-11-3-10-19-16(21)8-9-17-20-12-15(23-17)13-4-6-14(18)7-5-13/h4-7,12H,2-3,8-11H2,1H3,(H,19,21). The number of halogens is 1. The average Bonchev–Trinajstić information content (AvgIpc) is 3.02. The van der Waals surface area contributed by atoms with Gasteiger partial charge in [-0.3, -0.25) is 4.79 Å². The van der Waals surface area contributed by atoms with Crippen LogP contribution in [-0.4, -0.2) is 30.6 Å². The predicted octanol–water partition coefficient (Wildman–Crippen LogP) is 2.96. The van der Waals surface area contributed by atoms with E-state index in [0.29, 0.717) is 44.3 Å². The van der Waals surface area contributed by atoms with E-state index in [2.05, 4.69) is 10.3 Å². The molecule has 1 aromatic heterocycles. The van der Waals surface area contributed by atoms with Crippen LogP contribution in [0.1, 0.15) is 25.7 Å². The van der Waals surface area contributed by atoms with E-state index < -0.39 is 0 Å². The van der Waals surface area contributed by atoms with Crippen molar-refractivity contribution in [2.45, 2.75) is 26.2 Å². The minimum Gasteiger partial charge on any atom is -0.441 e. The fourth-order valence-corrected chi connectivity index (χ4v) is 2.03. The fraction of sp³-hybridized carbons (Fsp3) is 0.412. The molecule has 0 aliphatic rings. The van der Waals surface area contributed by atoms with Crippen LogP contribution in [0.5, 0.6) is 0 Å². The number of hydrogen-bond acceptors (Lipinski definition) is 4. The lowest BCUT2D eigenvalue weighted by Gasteiger charge is -2.04. The van der Waals surface area contributed by atoms with Gasteiger partial charge in [0.15, 0.2) is 11.7 Å². The van der Waals surface area contributed by atoms with Gasteiger partial charge in [0.2, 0.25) is 5.91 Å². The first kappa shape index (κ1) is 17.1. The first-order valence-electron chi connectivity index (χ1n) is 7.74. The largest absolute Gasteiger partial charge is 0.441 e. The van der Waals surface area contributed by atoms with Gasteiger partial charge < -0.3 is 14.5 Å². The summed E-state index contributed by atoms with van der Waals surface area (Å²) in [4.78, 5) is 15.8. The second-order valence-corrected chi connectivity index (χ2v) is 5.03. The van der Waals surface area contributed by atoms with Crippen molar-refractivity contribution in [3.63, 3.8) is 0 Å². The Bertz CT molecular complexity index is 611. The van der Waals surface area contributed by atoms with E-state index in [1.54, 1.807) is 18.3 Å². The summed E-state index contributed by atoms with van der Waals surface area (Å²) in [5.74, 6) is 0.725. The number of nitrogens with zero attached hydrogens (tertiary/aromatic N) is 1. The maximum Gasteiger partial charge on any atom is 0.220 e. The number of benzene rings is 1. The van der Waals surface area contributed by atoms with Crippen LogP contribution in [0.3, 0.4) is 0 Å². The Morgan fingerprint density at radius 3 is 2.87 bits per heavy atom. The van der Waals surface area contributed by atoms with Gasteiger partial charge in [0.05, 0.1) is 6.20 Å². The zero-order valence-electron chi connectivity index (χ0n) is 13.2. The molecule has 1 aromatic carbocycles. The molecular formula is C17H21FN2O3. The highest BCUT2D eigenvalue weighted by Crippen LogP contribution is 2.21. The van der Waals surface area contributed by atoms with Crippen LogP contribution in [0.4, 0.5) is 4.39 Å². The number of oxazole rings is 1. The predicted molar refractivity (Wildman–Crippen MR) is 84.3 cm³/mol. The van der Waals surface area contributed by atoms with Crippen LogP contribution in [0.25, 0.3) is 11.3 Å². The molecule has 0 bridgehead atoms. The summed E-state index contributed by atoms with van der Waals surface area (Å²) < 4.78 is 23.7. The van der Waals surface area contributed by atoms with Gasteiger partial charge in [-0.25, -0.2) is 9.37 Å². The highest BCUT2D eigenvalue weighted by molar-refractivity contribution is 5.75. The molecule has 124 valence electrons. The van der Waals surface area contributed by atoms with Gasteiger partial charge in [-0.2, -0.15) is 0 Å². The minimum atomic E-state index is -0.297. The number of carbonyl (C=O) groups excluding carboxylic acids is 1. The summed E-state index contributed by atoms with van der Waals surface area (Å²) in [6.45, 7) is 3.88. The van der Waals surface area contributed by atoms with E-state index in [1.807, 2.05) is 6.92 Å². The SMILES string of the molecule is CCOCCCNC(=O)CCc1ncc(-c2ccc(F)cc2)o1. The van der Waals surface area contributed by atoms with Gasteiger partial charge in [-0.1, -0.05) is 0 Å². The van der Waals surface area contributed by atoms with Crippen LogP contribution in [0.2, 0.25) is 0 Å². The lowest BCUT2D eigenvalue weighted by Crippen LogP contribution is -2.25. The normalized spacial score (nSPS) is 10.7. The van der Waals surface area contributed by atoms with E-state index in [9.17, 15) is 9.18 Å². The van der Waals surface area contributed by atoms with Crippen LogP contribution in [-0.2, 0) is 16.0 Å². The number of ether oxygens (including phenoxy) is 1. The lowest BCUT2D eigenvalue weighted by molar-refractivity contribution is -0.121. The highest BCUT2D eigenvalue weighted by Gasteiger charge is 2.09. The molecule has 0 atom stereocenters. The van der Waals surface area contributed by atoms with Crippen molar-refractivity contribution >= 4 is 5.91 Å². The van der Waals surface area contributed by atoms with Gasteiger partial charge in [-0.05, 0) is 37.6 Å². The molecule has 0 saturated carbocycles. The quantitative estimate of drug-likeness (QED) is 0.722. The molecule has 23 heavy (non-hydrogen) atoms. The second-order valence-electron chi connectivity index (χ2n) is 5.03. The van der Waals surface area contributed by atoms with Crippen molar-refractivity contribution in [1.82, 2.24) is 10.3 Å². The van der Waals surface area contributed by atoms with Crippen molar-refractivity contribution in [1.29, 1.82) is 0 Å². The van der Waals surface area contributed by atoms with Crippen molar-refractivity contribution in [2.75, 3.05) is 19.8 Å². The molecule has 1 amide bonds. The second kappa shape index (κ2) is 9.05. The molecule has 0 saturated heterocycles. The Kier molecular flexibility index (Phi) is 6.75. The lowest BCUT2D eigenvalue weighted by atomic mass is 10.2. The van der Waals surface area contributed by atoms with E-state index in [0.717, 1.165) is 12.0 Å². The Hall–Kier alpha value is -2.21. The van der Waals surface area contributed by atoms with Crippen molar-refractivity contribution < 1.29 is 18.3 Å². The molecule has 0 radical (unpaired) electrons. The molecule has 5 nitrogen and oxygen atoms in total. The van der Waals surface area contributed by atoms with Crippen LogP contribution in [0.15, 0.2) is 34.9 Å². The summed E-state index contributed by atoms with van der Waals surface area (Å²) in [6, 6.07) is 6.00. The Balaban J connectivity index is 1.74. The smallest absolute Gasteiger partial charge is 0.220 e. The summed E-state index contributed by atoms with van der Waals surface area (Å²) >= 11 is 0. The van der Waals surface area contributed by atoms with Gasteiger partial charge in [0, 0.05) is 38.2 Å². The number of nitrogens with one attached hydrogen (secondary N) is 1. The summed E-state index contributed by atoms with van der Waals surface area (Å²) in [5.41, 5.74) is 0.755. The Labute approximate surface area is 134 Å². The highest BCUT2D eigenvalue weighted by atomic mass is 19.1. The number of carbonyl (C=O) groups is 1. The van der Waals surface area contributed by atoms with E-state index in [-0.39, 0.29) is 11.7 Å². The Morgan fingerprint density at radius 1 is 1.35 bits per heavy atom. The fourth-order valence-electron chi connectivity index (χ4n) is 2.03. The summed E-state index contributed by atoms with van der Waals surface area (Å²) in [6.07, 6.45) is 3.13. The number of hydrogen-bond donors (Lipinski definition) is 1. The number of rotatable bonds is 9. The molecule has 0 spiro atoms. The Morgan fingerprint density at radius 2 is 2.13 bits per heavy atom. The number of aryl methyl sites for hydroxylation is 1. The third-order valence-corrected chi connectivity index (χ3v) is 3.24. The van der Waals surface area contributed by atoms with Gasteiger partial charge in [0.25, 0.3) is 0 Å². The molecule has 1 heterocycles. The third-order valence-electron chi connectivity index (χ3n) is 3.24. The minimum absolute atomic E-state index is 0.0389. The molecule has 6 heteroatoms. The van der Waals surface area contributed by atoms with Crippen LogP contribution < -0.4 is 5.32 Å². The zero-order valence-corrected chi connectivity index (χ0v) is 13.2. The van der Waals surface area contributed by atoms with Gasteiger partial charge >= 0.3 is 0 Å². The molecule has 0 aliphatic heterocycles. The topological polar surface area (TPSA) is 64.4 Å². The average molecular weight is 320 g/mol. The first-order chi connectivity index (χ1) is 11.2. The first-order valence-corrected chi connectivity index (χ1v) is 7.74. The molecule has 0 unspecified atom stereocenters. The van der Waals surface area contributed by atoms with Crippen molar-refractivity contribution in [3.8, 4) is 11.3 Å². The third kappa shape index (κ3) is 5.83. The molecule has 1 N–H and O–H groups in total. The van der Waals surface area contributed by atoms with E-state index in [1.165, 1.54) is 12.1 Å². The zero-order chi connectivity index (χ0) is 16.5. The molecular weight excluding hydrogens is 299 g/mol. The maximum atomic E-state index is 12.9. The van der Waals surface area contributed by atoms with Gasteiger partial charge in [0.1, 0.15) is 5.82 Å². The number of amides is 1. The van der Waals surface area contributed by atoms with Crippen molar-refractivity contribution in [3.05, 3.63) is 42.2 Å². The van der Waals surface area contributed by atoms with Crippen LogP contribution in [0, 0.1) is 5.82 Å². The maximum absolute atomic E-state index is 12.9. The van der Waals surface area contributed by atoms with E-state index in [4.69, 9.17) is 9.15 Å². The molecule has 2 aromatic rings. The molecule has 0 aliphatic carbocycles. The molecule has 2 rings (SSSR count). The number of aromatic nitrogens is 1. The van der Waals surface area contributed by atoms with Crippen LogP contribution >= 0.6 is 0 Å².